The van der Waals surface area contributed by atoms with Crippen LogP contribution >= 0.6 is 0 Å². The third-order valence-electron chi connectivity index (χ3n) is 2.43. The van der Waals surface area contributed by atoms with E-state index >= 15 is 0 Å². The van der Waals surface area contributed by atoms with Crippen molar-refractivity contribution in [3.8, 4) is 6.07 Å². The quantitative estimate of drug-likeness (QED) is 0.768. The monoisotopic (exact) mass is 176 g/mol. The zero-order valence-electron chi connectivity index (χ0n) is 7.63. The van der Waals surface area contributed by atoms with Gasteiger partial charge < -0.3 is 9.73 Å². The van der Waals surface area contributed by atoms with Crippen molar-refractivity contribution in [2.75, 3.05) is 11.9 Å². The summed E-state index contributed by atoms with van der Waals surface area (Å²) in [6.45, 7) is 2.61. The average molecular weight is 176 g/mol. The third kappa shape index (κ3) is 1.67. The van der Waals surface area contributed by atoms with Crippen LogP contribution in [0.4, 0.5) is 5.88 Å². The lowest BCUT2D eigenvalue weighted by molar-refractivity contribution is 0.539. The lowest BCUT2D eigenvalue weighted by atomic mass is 10.1. The fourth-order valence-electron chi connectivity index (χ4n) is 1.26. The molecule has 1 aliphatic carbocycles. The molecule has 0 bridgehead atoms. The zero-order valence-corrected chi connectivity index (χ0v) is 7.63. The topological polar surface area (TPSA) is 49.0 Å². The van der Waals surface area contributed by atoms with Gasteiger partial charge in [-0.3, -0.25) is 0 Å². The first-order valence-electron chi connectivity index (χ1n) is 4.46. The molecule has 0 atom stereocenters. The predicted molar refractivity (Wildman–Crippen MR) is 49.2 cm³/mol. The van der Waals surface area contributed by atoms with Crippen LogP contribution in [-0.4, -0.2) is 6.54 Å². The van der Waals surface area contributed by atoms with Gasteiger partial charge in [-0.25, -0.2) is 0 Å². The van der Waals surface area contributed by atoms with Gasteiger partial charge in [-0.05, 0) is 25.8 Å². The number of anilines is 1. The van der Waals surface area contributed by atoms with Crippen LogP contribution in [0.5, 0.6) is 0 Å². The zero-order chi connectivity index (χ0) is 9.31. The van der Waals surface area contributed by atoms with Gasteiger partial charge >= 0.3 is 0 Å². The molecule has 2 rings (SSSR count). The van der Waals surface area contributed by atoms with Gasteiger partial charge in [0.25, 0.3) is 0 Å². The number of hydrogen-bond acceptors (Lipinski definition) is 3. The van der Waals surface area contributed by atoms with E-state index in [1.165, 1.54) is 0 Å². The van der Waals surface area contributed by atoms with Crippen molar-refractivity contribution >= 4 is 5.88 Å². The van der Waals surface area contributed by atoms with Gasteiger partial charge in [-0.1, -0.05) is 0 Å². The molecule has 0 spiro atoms. The average Bonchev–Trinajstić information content (AvgIpc) is 2.81. The molecule has 0 aromatic carbocycles. The van der Waals surface area contributed by atoms with Crippen LogP contribution in [0.3, 0.4) is 0 Å². The van der Waals surface area contributed by atoms with Gasteiger partial charge in [0.15, 0.2) is 5.88 Å². The highest BCUT2D eigenvalue weighted by atomic mass is 16.4. The molecule has 13 heavy (non-hydrogen) atoms. The van der Waals surface area contributed by atoms with Crippen LogP contribution < -0.4 is 5.32 Å². The van der Waals surface area contributed by atoms with E-state index in [0.29, 0.717) is 6.54 Å². The molecule has 3 nitrogen and oxygen atoms in total. The molecule has 1 N–H and O–H groups in total. The molecule has 1 saturated carbocycles. The molecule has 0 amide bonds. The van der Waals surface area contributed by atoms with Gasteiger partial charge in [-0.2, -0.15) is 5.26 Å². The highest BCUT2D eigenvalue weighted by Gasteiger charge is 2.42. The summed E-state index contributed by atoms with van der Waals surface area (Å²) in [5.41, 5.74) is -0.110. The van der Waals surface area contributed by atoms with Crippen LogP contribution in [0.1, 0.15) is 18.6 Å². The molecule has 1 aromatic heterocycles. The predicted octanol–water partition coefficient (Wildman–Crippen LogP) is 2.30. The van der Waals surface area contributed by atoms with E-state index in [0.717, 1.165) is 24.5 Å². The molecular formula is C10H12N2O. The Morgan fingerprint density at radius 3 is 2.85 bits per heavy atom. The highest BCUT2D eigenvalue weighted by Crippen LogP contribution is 2.44. The maximum atomic E-state index is 8.82. The molecule has 0 unspecified atom stereocenters. The first kappa shape index (κ1) is 8.18. The van der Waals surface area contributed by atoms with Crippen molar-refractivity contribution in [3.63, 3.8) is 0 Å². The summed E-state index contributed by atoms with van der Waals surface area (Å²) in [5, 5.41) is 11.9. The van der Waals surface area contributed by atoms with Crippen LogP contribution in [0.25, 0.3) is 0 Å². The summed E-state index contributed by atoms with van der Waals surface area (Å²) in [5.74, 6) is 1.66. The van der Waals surface area contributed by atoms with Crippen LogP contribution in [0, 0.1) is 23.7 Å². The van der Waals surface area contributed by atoms with E-state index < -0.39 is 0 Å². The van der Waals surface area contributed by atoms with E-state index in [2.05, 4.69) is 11.4 Å². The minimum Gasteiger partial charge on any atom is -0.446 e. The molecule has 1 aliphatic rings. The number of nitriles is 1. The normalized spacial score (nSPS) is 17.8. The van der Waals surface area contributed by atoms with Crippen molar-refractivity contribution in [3.05, 3.63) is 17.9 Å². The number of nitrogens with zero attached hydrogens (tertiary/aromatic N) is 1. The number of furan rings is 1. The van der Waals surface area contributed by atoms with Crippen molar-refractivity contribution in [2.45, 2.75) is 19.8 Å². The lowest BCUT2D eigenvalue weighted by Gasteiger charge is -2.05. The van der Waals surface area contributed by atoms with Crippen molar-refractivity contribution in [1.29, 1.82) is 5.26 Å². The summed E-state index contributed by atoms with van der Waals surface area (Å²) in [6, 6.07) is 6.13. The fraction of sp³-hybridized carbons (Fsp3) is 0.500. The first-order valence-corrected chi connectivity index (χ1v) is 4.46. The van der Waals surface area contributed by atoms with E-state index in [9.17, 15) is 0 Å². The summed E-state index contributed by atoms with van der Waals surface area (Å²) < 4.78 is 5.33. The molecule has 1 heterocycles. The minimum atomic E-state index is -0.110. The molecule has 0 radical (unpaired) electrons. The molecule has 68 valence electrons. The molecule has 1 aromatic rings. The van der Waals surface area contributed by atoms with E-state index in [1.54, 1.807) is 0 Å². The summed E-state index contributed by atoms with van der Waals surface area (Å²) in [7, 11) is 0. The lowest BCUT2D eigenvalue weighted by Crippen LogP contribution is -2.12. The Kier molecular flexibility index (Phi) is 1.77. The Balaban J connectivity index is 1.90. The minimum absolute atomic E-state index is 0.110. The van der Waals surface area contributed by atoms with E-state index in [1.807, 2.05) is 19.1 Å². The summed E-state index contributed by atoms with van der Waals surface area (Å²) in [6.07, 6.45) is 2.02. The number of hydrogen-bond donors (Lipinski definition) is 1. The fourth-order valence-corrected chi connectivity index (χ4v) is 1.26. The SMILES string of the molecule is Cc1ccc(NCC2(C#N)CC2)o1. The Morgan fingerprint density at radius 1 is 1.62 bits per heavy atom. The number of rotatable bonds is 3. The highest BCUT2D eigenvalue weighted by molar-refractivity contribution is 5.33. The number of nitrogens with one attached hydrogen (secondary N) is 1. The van der Waals surface area contributed by atoms with Crippen molar-refractivity contribution < 1.29 is 4.42 Å². The first-order chi connectivity index (χ1) is 6.24. The van der Waals surface area contributed by atoms with E-state index in [-0.39, 0.29) is 5.41 Å². The van der Waals surface area contributed by atoms with Gasteiger partial charge in [-0.15, -0.1) is 0 Å². The molecule has 0 aliphatic heterocycles. The summed E-state index contributed by atoms with van der Waals surface area (Å²) >= 11 is 0. The Hall–Kier alpha value is -1.43. The second kappa shape index (κ2) is 2.81. The van der Waals surface area contributed by atoms with Crippen LogP contribution in [0.15, 0.2) is 16.5 Å². The van der Waals surface area contributed by atoms with Crippen molar-refractivity contribution in [1.82, 2.24) is 0 Å². The largest absolute Gasteiger partial charge is 0.446 e. The maximum absolute atomic E-state index is 8.82. The Labute approximate surface area is 77.4 Å². The van der Waals surface area contributed by atoms with Gasteiger partial charge in [0.1, 0.15) is 5.76 Å². The second-order valence-corrected chi connectivity index (χ2v) is 3.66. The summed E-state index contributed by atoms with van der Waals surface area (Å²) in [4.78, 5) is 0. The van der Waals surface area contributed by atoms with Gasteiger partial charge in [0.2, 0.25) is 0 Å². The van der Waals surface area contributed by atoms with Gasteiger partial charge in [0.05, 0.1) is 11.5 Å². The molecule has 3 heteroatoms. The Morgan fingerprint density at radius 2 is 2.38 bits per heavy atom. The third-order valence-corrected chi connectivity index (χ3v) is 2.43. The number of aryl methyl sites for hydroxylation is 1. The van der Waals surface area contributed by atoms with Crippen LogP contribution in [0.2, 0.25) is 0 Å². The van der Waals surface area contributed by atoms with E-state index in [4.69, 9.17) is 9.68 Å². The standard InChI is InChI=1S/C10H12N2O/c1-8-2-3-9(13-8)12-7-10(6-11)4-5-10/h2-3,12H,4-5,7H2,1H3. The Bertz CT molecular complexity index is 344. The van der Waals surface area contributed by atoms with Gasteiger partial charge in [0, 0.05) is 12.6 Å². The maximum Gasteiger partial charge on any atom is 0.193 e. The molecule has 0 saturated heterocycles. The molecular weight excluding hydrogens is 164 g/mol. The second-order valence-electron chi connectivity index (χ2n) is 3.66. The smallest absolute Gasteiger partial charge is 0.193 e. The molecule has 1 fully saturated rings. The van der Waals surface area contributed by atoms with Crippen LogP contribution in [-0.2, 0) is 0 Å². The van der Waals surface area contributed by atoms with Crippen molar-refractivity contribution in [2.24, 2.45) is 5.41 Å².